The van der Waals surface area contributed by atoms with Gasteiger partial charge >= 0.3 is 6.09 Å². The average molecular weight is 578 g/mol. The Hall–Kier alpha value is -5.24. The summed E-state index contributed by atoms with van der Waals surface area (Å²) in [5.41, 5.74) is 2.86. The summed E-state index contributed by atoms with van der Waals surface area (Å²) >= 11 is 0. The molecule has 4 rings (SSSR count). The van der Waals surface area contributed by atoms with Crippen LogP contribution >= 0.6 is 0 Å². The fourth-order valence-corrected chi connectivity index (χ4v) is 4.68. The molecule has 43 heavy (non-hydrogen) atoms. The third kappa shape index (κ3) is 8.63. The molecule has 0 aliphatic carbocycles. The first-order valence-corrected chi connectivity index (χ1v) is 14.1. The number of hydrogen-bond acceptors (Lipinski definition) is 5. The van der Waals surface area contributed by atoms with Gasteiger partial charge in [0, 0.05) is 23.2 Å². The number of carbonyl (C=O) groups is 4. The Bertz CT molecular complexity index is 1530. The van der Waals surface area contributed by atoms with E-state index in [1.54, 1.807) is 48.5 Å². The van der Waals surface area contributed by atoms with Crippen molar-refractivity contribution in [3.8, 4) is 0 Å². The molecular weight excluding hydrogens is 542 g/mol. The molecule has 4 aromatic carbocycles. The highest BCUT2D eigenvalue weighted by Gasteiger charge is 2.33. The van der Waals surface area contributed by atoms with Crippen molar-refractivity contribution in [1.29, 1.82) is 0 Å². The number of carbonyl (C=O) groups excluding carboxylic acids is 4. The number of ether oxygens (including phenoxy) is 1. The Labute approximate surface area is 251 Å². The van der Waals surface area contributed by atoms with Crippen LogP contribution in [-0.4, -0.2) is 41.3 Å². The van der Waals surface area contributed by atoms with Gasteiger partial charge in [0.1, 0.15) is 12.6 Å². The second-order valence-electron chi connectivity index (χ2n) is 10.3. The molecule has 0 saturated carbocycles. The second-order valence-corrected chi connectivity index (χ2v) is 10.3. The Morgan fingerprint density at radius 1 is 0.674 bits per heavy atom. The van der Waals surface area contributed by atoms with Crippen LogP contribution < -0.4 is 10.6 Å². The quantitative estimate of drug-likeness (QED) is 0.169. The van der Waals surface area contributed by atoms with E-state index in [1.807, 2.05) is 80.6 Å². The fourth-order valence-electron chi connectivity index (χ4n) is 4.68. The smallest absolute Gasteiger partial charge is 0.408 e. The van der Waals surface area contributed by atoms with Gasteiger partial charge in [-0.05, 0) is 29.2 Å². The fraction of sp³-hybridized carbons (Fsp3) is 0.200. The summed E-state index contributed by atoms with van der Waals surface area (Å²) in [6, 6.07) is 33.2. The summed E-state index contributed by atoms with van der Waals surface area (Å²) in [5, 5.41) is 5.25. The molecule has 0 aliphatic rings. The topological polar surface area (TPSA) is 105 Å². The number of benzene rings is 4. The van der Waals surface area contributed by atoms with Crippen molar-refractivity contribution in [2.45, 2.75) is 33.0 Å². The minimum Gasteiger partial charge on any atom is -0.445 e. The van der Waals surface area contributed by atoms with Gasteiger partial charge in [-0.1, -0.05) is 117 Å². The lowest BCUT2D eigenvalue weighted by molar-refractivity contribution is -0.127. The summed E-state index contributed by atoms with van der Waals surface area (Å²) < 4.78 is 5.21. The van der Waals surface area contributed by atoms with Crippen LogP contribution in [-0.2, 0) is 22.7 Å². The first kappa shape index (κ1) is 30.7. The van der Waals surface area contributed by atoms with Crippen molar-refractivity contribution in [2.24, 2.45) is 5.92 Å². The maximum atomic E-state index is 14.1. The van der Waals surface area contributed by atoms with Gasteiger partial charge < -0.3 is 20.3 Å². The summed E-state index contributed by atoms with van der Waals surface area (Å²) in [6.07, 6.45) is -0.678. The summed E-state index contributed by atoms with van der Waals surface area (Å²) in [4.78, 5) is 54.4. The molecule has 0 spiro atoms. The van der Waals surface area contributed by atoms with E-state index in [1.165, 1.54) is 4.90 Å². The first-order chi connectivity index (χ1) is 20.8. The molecule has 8 nitrogen and oxygen atoms in total. The standard InChI is InChI=1S/C35H35N3O5/c1-25(2)31(33(40)36-24-37-35(42)43-23-27-15-8-4-9-16-27)38(22-26-13-6-3-7-14-26)34(41)30-20-12-19-29(21-30)32(39)28-17-10-5-11-18-28/h3-21,25,31H,22-24H2,1-2H3,(H,36,40)(H,37,42). The van der Waals surface area contributed by atoms with Gasteiger partial charge in [0.05, 0.1) is 6.67 Å². The van der Waals surface area contributed by atoms with Gasteiger partial charge in [-0.2, -0.15) is 0 Å². The molecule has 0 fully saturated rings. The van der Waals surface area contributed by atoms with E-state index in [-0.39, 0.29) is 31.5 Å². The molecule has 1 atom stereocenters. The molecule has 2 N–H and O–H groups in total. The van der Waals surface area contributed by atoms with Crippen molar-refractivity contribution in [1.82, 2.24) is 15.5 Å². The molecule has 1 unspecified atom stereocenters. The number of ketones is 1. The average Bonchev–Trinajstić information content (AvgIpc) is 3.04. The van der Waals surface area contributed by atoms with Crippen molar-refractivity contribution >= 4 is 23.7 Å². The Morgan fingerprint density at radius 2 is 1.23 bits per heavy atom. The van der Waals surface area contributed by atoms with Crippen LogP contribution in [0.25, 0.3) is 0 Å². The van der Waals surface area contributed by atoms with E-state index in [9.17, 15) is 19.2 Å². The van der Waals surface area contributed by atoms with Crippen molar-refractivity contribution in [3.05, 3.63) is 143 Å². The number of nitrogens with zero attached hydrogens (tertiary/aromatic N) is 1. The Kier molecular flexibility index (Phi) is 10.8. The highest BCUT2D eigenvalue weighted by molar-refractivity contribution is 6.10. The maximum Gasteiger partial charge on any atom is 0.408 e. The van der Waals surface area contributed by atoms with Crippen LogP contribution in [0.2, 0.25) is 0 Å². The monoisotopic (exact) mass is 577 g/mol. The number of alkyl carbamates (subject to hydrolysis) is 1. The highest BCUT2D eigenvalue weighted by Crippen LogP contribution is 2.21. The van der Waals surface area contributed by atoms with Crippen LogP contribution in [0.1, 0.15) is 51.3 Å². The molecule has 4 aromatic rings. The molecular formula is C35H35N3O5. The molecule has 0 radical (unpaired) electrons. The molecule has 0 heterocycles. The van der Waals surface area contributed by atoms with E-state index in [0.29, 0.717) is 16.7 Å². The van der Waals surface area contributed by atoms with Gasteiger partial charge in [0.15, 0.2) is 5.78 Å². The minimum atomic E-state index is -0.872. The normalized spacial score (nSPS) is 11.3. The maximum absolute atomic E-state index is 14.1. The van der Waals surface area contributed by atoms with Crippen LogP contribution in [0, 0.1) is 5.92 Å². The summed E-state index contributed by atoms with van der Waals surface area (Å²) in [5.74, 6) is -1.30. The predicted molar refractivity (Wildman–Crippen MR) is 164 cm³/mol. The molecule has 8 heteroatoms. The third-order valence-electron chi connectivity index (χ3n) is 6.81. The summed E-state index contributed by atoms with van der Waals surface area (Å²) in [7, 11) is 0. The first-order valence-electron chi connectivity index (χ1n) is 14.1. The van der Waals surface area contributed by atoms with E-state index in [2.05, 4.69) is 10.6 Å². The van der Waals surface area contributed by atoms with Gasteiger partial charge in [-0.25, -0.2) is 4.79 Å². The van der Waals surface area contributed by atoms with E-state index >= 15 is 0 Å². The van der Waals surface area contributed by atoms with E-state index < -0.39 is 23.9 Å². The molecule has 0 saturated heterocycles. The number of nitrogens with one attached hydrogen (secondary N) is 2. The number of hydrogen-bond donors (Lipinski definition) is 2. The highest BCUT2D eigenvalue weighted by atomic mass is 16.5. The summed E-state index contributed by atoms with van der Waals surface area (Å²) in [6.45, 7) is 3.79. The van der Waals surface area contributed by atoms with Gasteiger partial charge in [-0.15, -0.1) is 0 Å². The number of amides is 3. The lowest BCUT2D eigenvalue weighted by Gasteiger charge is -2.34. The van der Waals surface area contributed by atoms with Gasteiger partial charge in [0.25, 0.3) is 5.91 Å². The van der Waals surface area contributed by atoms with E-state index in [4.69, 9.17) is 4.74 Å². The Balaban J connectivity index is 1.50. The molecule has 0 aliphatic heterocycles. The largest absolute Gasteiger partial charge is 0.445 e. The zero-order valence-corrected chi connectivity index (χ0v) is 24.2. The predicted octanol–water partition coefficient (Wildman–Crippen LogP) is 5.58. The molecule has 0 bridgehead atoms. The molecule has 220 valence electrons. The van der Waals surface area contributed by atoms with Crippen LogP contribution in [0.15, 0.2) is 115 Å². The third-order valence-corrected chi connectivity index (χ3v) is 6.81. The Morgan fingerprint density at radius 3 is 1.86 bits per heavy atom. The minimum absolute atomic E-state index is 0.0977. The van der Waals surface area contributed by atoms with E-state index in [0.717, 1.165) is 11.1 Å². The van der Waals surface area contributed by atoms with Crippen molar-refractivity contribution in [2.75, 3.05) is 6.67 Å². The van der Waals surface area contributed by atoms with Gasteiger partial charge in [0.2, 0.25) is 5.91 Å². The van der Waals surface area contributed by atoms with Crippen molar-refractivity contribution < 1.29 is 23.9 Å². The van der Waals surface area contributed by atoms with Gasteiger partial charge in [-0.3, -0.25) is 14.4 Å². The van der Waals surface area contributed by atoms with Crippen molar-refractivity contribution in [3.63, 3.8) is 0 Å². The molecule has 0 aromatic heterocycles. The number of rotatable bonds is 12. The van der Waals surface area contributed by atoms with Crippen LogP contribution in [0.4, 0.5) is 4.79 Å². The zero-order chi connectivity index (χ0) is 30.6. The molecule has 3 amide bonds. The van der Waals surface area contributed by atoms with Crippen LogP contribution in [0.3, 0.4) is 0 Å². The lowest BCUT2D eigenvalue weighted by Crippen LogP contribution is -2.53. The second kappa shape index (κ2) is 15.1. The lowest BCUT2D eigenvalue weighted by atomic mass is 9.97. The van der Waals surface area contributed by atoms with Crippen LogP contribution in [0.5, 0.6) is 0 Å². The zero-order valence-electron chi connectivity index (χ0n) is 24.2. The SMILES string of the molecule is CC(C)C(C(=O)NCNC(=O)OCc1ccccc1)N(Cc1ccccc1)C(=O)c1cccc(C(=O)c2ccccc2)c1.